The van der Waals surface area contributed by atoms with Gasteiger partial charge in [-0.15, -0.1) is 0 Å². The van der Waals surface area contributed by atoms with E-state index in [2.05, 4.69) is 5.32 Å². The zero-order chi connectivity index (χ0) is 25.0. The molecule has 1 aliphatic carbocycles. The third-order valence-corrected chi connectivity index (χ3v) is 8.91. The molecule has 178 valence electrons. The van der Waals surface area contributed by atoms with Gasteiger partial charge < -0.3 is 10.2 Å². The highest BCUT2D eigenvalue weighted by atomic mass is 32.2. The van der Waals surface area contributed by atoms with Gasteiger partial charge in [-0.25, -0.2) is 8.42 Å². The van der Waals surface area contributed by atoms with Crippen LogP contribution in [0.1, 0.15) is 34.3 Å². The van der Waals surface area contributed by atoms with E-state index >= 15 is 0 Å². The molecule has 1 N–H and O–H groups in total. The molecule has 5 rings (SSSR count). The van der Waals surface area contributed by atoms with Gasteiger partial charge in [-0.05, 0) is 42.7 Å². The number of sulfone groups is 1. The van der Waals surface area contributed by atoms with Gasteiger partial charge in [0.05, 0.1) is 27.6 Å². The molecule has 9 nitrogen and oxygen atoms in total. The minimum atomic E-state index is -3.35. The molecule has 0 bridgehead atoms. The first-order valence-corrected chi connectivity index (χ1v) is 13.0. The Balaban J connectivity index is 1.48. The van der Waals surface area contributed by atoms with Gasteiger partial charge in [0.2, 0.25) is 5.91 Å². The number of carbonyl (C=O) groups is 2. The molecule has 35 heavy (non-hydrogen) atoms. The Kier molecular flexibility index (Phi) is 5.25. The van der Waals surface area contributed by atoms with Crippen LogP contribution >= 0.6 is 0 Å². The minimum absolute atomic E-state index is 0.0464. The molecule has 1 saturated carbocycles. The summed E-state index contributed by atoms with van der Waals surface area (Å²) in [5, 5.41) is 12.2. The predicted octanol–water partition coefficient (Wildman–Crippen LogP) is 1.73. The average Bonchev–Trinajstić information content (AvgIpc) is 3.63. The Morgan fingerprint density at radius 3 is 2.49 bits per heavy atom. The number of nitriles is 1. The Hall–Kier alpha value is -3.97. The Morgan fingerprint density at radius 2 is 1.86 bits per heavy atom. The number of nitrogens with zero attached hydrogens (tertiary/aromatic N) is 3. The Morgan fingerprint density at radius 1 is 1.14 bits per heavy atom. The summed E-state index contributed by atoms with van der Waals surface area (Å²) in [6.07, 6.45) is 2.18. The normalized spacial score (nSPS) is 16.1. The summed E-state index contributed by atoms with van der Waals surface area (Å²) in [6, 6.07) is 15.4. The lowest BCUT2D eigenvalue weighted by molar-refractivity contribution is -0.119. The van der Waals surface area contributed by atoms with Gasteiger partial charge >= 0.3 is 0 Å². The summed E-state index contributed by atoms with van der Waals surface area (Å²) in [4.78, 5) is 40.7. The van der Waals surface area contributed by atoms with Crippen molar-refractivity contribution < 1.29 is 18.0 Å². The molecule has 2 amide bonds. The number of carbonyl (C=O) groups excluding carboxylic acids is 2. The van der Waals surface area contributed by atoms with Gasteiger partial charge in [-0.3, -0.25) is 19.0 Å². The van der Waals surface area contributed by atoms with Crippen molar-refractivity contribution in [1.82, 2.24) is 9.88 Å². The van der Waals surface area contributed by atoms with Crippen LogP contribution < -0.4 is 15.8 Å². The number of hydrogen-bond donors (Lipinski definition) is 1. The quantitative estimate of drug-likeness (QED) is 0.560. The number of benzene rings is 2. The largest absolute Gasteiger partial charge is 0.348 e. The first-order chi connectivity index (χ1) is 16.6. The van der Waals surface area contributed by atoms with Gasteiger partial charge in [-0.1, -0.05) is 24.3 Å². The first kappa shape index (κ1) is 22.8. The second-order valence-corrected chi connectivity index (χ2v) is 11.5. The monoisotopic (exact) mass is 490 g/mol. The smallest absolute Gasteiger partial charge is 0.264 e. The van der Waals surface area contributed by atoms with Crippen LogP contribution in [0.5, 0.6) is 0 Å². The van der Waals surface area contributed by atoms with Crippen molar-refractivity contribution in [2.45, 2.75) is 30.7 Å². The van der Waals surface area contributed by atoms with Crippen molar-refractivity contribution in [2.75, 3.05) is 17.7 Å². The van der Waals surface area contributed by atoms with Gasteiger partial charge in [0.1, 0.15) is 12.1 Å². The van der Waals surface area contributed by atoms with E-state index in [1.54, 1.807) is 42.5 Å². The predicted molar refractivity (Wildman–Crippen MR) is 130 cm³/mol. The molecule has 2 heterocycles. The summed E-state index contributed by atoms with van der Waals surface area (Å²) in [5.41, 5.74) is 1.58. The highest BCUT2D eigenvalue weighted by Crippen LogP contribution is 2.45. The van der Waals surface area contributed by atoms with Crippen LogP contribution in [0.4, 0.5) is 5.69 Å². The maximum absolute atomic E-state index is 13.2. The molecular weight excluding hydrogens is 468 g/mol. The van der Waals surface area contributed by atoms with E-state index in [0.29, 0.717) is 35.0 Å². The molecule has 0 saturated heterocycles. The number of para-hydroxylation sites is 1. The summed E-state index contributed by atoms with van der Waals surface area (Å²) >= 11 is 0. The van der Waals surface area contributed by atoms with Crippen LogP contribution in [0.2, 0.25) is 0 Å². The van der Waals surface area contributed by atoms with Crippen LogP contribution in [0, 0.1) is 11.3 Å². The van der Waals surface area contributed by atoms with E-state index in [1.165, 1.54) is 21.8 Å². The number of rotatable bonds is 6. The molecule has 0 atom stereocenters. The van der Waals surface area contributed by atoms with Gasteiger partial charge in [0, 0.05) is 24.7 Å². The third-order valence-electron chi connectivity index (χ3n) is 6.80. The highest BCUT2D eigenvalue weighted by molar-refractivity contribution is 7.92. The molecule has 1 aliphatic heterocycles. The second-order valence-electron chi connectivity index (χ2n) is 9.09. The van der Waals surface area contributed by atoms with E-state index in [4.69, 9.17) is 5.26 Å². The zero-order valence-corrected chi connectivity index (χ0v) is 19.8. The summed E-state index contributed by atoms with van der Waals surface area (Å²) < 4.78 is 24.9. The van der Waals surface area contributed by atoms with Crippen LogP contribution in [0.3, 0.4) is 0 Å². The molecule has 3 aromatic rings. The topological polar surface area (TPSA) is 129 Å². The summed E-state index contributed by atoms with van der Waals surface area (Å²) in [5.74, 6) is -0.962. The van der Waals surface area contributed by atoms with E-state index in [-0.39, 0.29) is 25.2 Å². The number of amides is 2. The van der Waals surface area contributed by atoms with Crippen LogP contribution in [0.25, 0.3) is 10.9 Å². The van der Waals surface area contributed by atoms with Crippen molar-refractivity contribution in [3.8, 4) is 6.07 Å². The number of pyridine rings is 1. The summed E-state index contributed by atoms with van der Waals surface area (Å²) in [7, 11) is -3.35. The van der Waals surface area contributed by atoms with E-state index in [0.717, 1.165) is 5.56 Å². The van der Waals surface area contributed by atoms with Crippen molar-refractivity contribution in [1.29, 1.82) is 5.26 Å². The maximum atomic E-state index is 13.2. The lowest BCUT2D eigenvalue weighted by Crippen LogP contribution is -2.47. The first-order valence-electron chi connectivity index (χ1n) is 11.1. The molecule has 2 aliphatic rings. The van der Waals surface area contributed by atoms with Crippen molar-refractivity contribution >= 4 is 38.2 Å². The third kappa shape index (κ3) is 3.88. The Bertz CT molecular complexity index is 1600. The van der Waals surface area contributed by atoms with E-state index in [1.807, 2.05) is 6.07 Å². The molecule has 0 unspecified atom stereocenters. The molecule has 2 aromatic carbocycles. The molecular formula is C25H22N4O5S. The van der Waals surface area contributed by atoms with Gasteiger partial charge in [0.15, 0.2) is 9.84 Å². The summed E-state index contributed by atoms with van der Waals surface area (Å²) in [6.45, 7) is -0.0595. The highest BCUT2D eigenvalue weighted by Gasteiger charge is 2.54. The number of nitrogens with one attached hydrogen (secondary N) is 1. The fourth-order valence-corrected chi connectivity index (χ4v) is 5.74. The molecule has 0 spiro atoms. The van der Waals surface area contributed by atoms with Crippen LogP contribution in [0.15, 0.2) is 53.3 Å². The van der Waals surface area contributed by atoms with Crippen LogP contribution in [-0.2, 0) is 27.7 Å². The fourth-order valence-electron chi connectivity index (χ4n) is 4.53. The lowest BCUT2D eigenvalue weighted by atomic mass is 10.1. The van der Waals surface area contributed by atoms with Crippen molar-refractivity contribution in [2.24, 2.45) is 0 Å². The minimum Gasteiger partial charge on any atom is -0.348 e. The van der Waals surface area contributed by atoms with Crippen molar-refractivity contribution in [3.63, 3.8) is 0 Å². The number of hydrogen-bond acceptors (Lipinski definition) is 6. The number of anilines is 1. The molecule has 1 aromatic heterocycles. The SMILES string of the molecule is CS(=O)(=O)C1(CN2C(=O)Cn3c(=O)c(C(=O)NCc4ccc(C#N)cc4)cc4cccc2c43)CC1. The standard InChI is InChI=1S/C25H22N4O5S/c1-35(33,34)25(9-10-25)15-29-20-4-2-3-18-11-19(24(32)28(22(18)20)14-21(29)30)23(31)27-13-17-7-5-16(12-26)6-8-17/h2-8,11H,9-10,13-15H2,1H3,(H,27,31). The second kappa shape index (κ2) is 8.06. The van der Waals surface area contributed by atoms with Gasteiger partial charge in [-0.2, -0.15) is 5.26 Å². The maximum Gasteiger partial charge on any atom is 0.264 e. The fraction of sp³-hybridized carbons (Fsp3) is 0.280. The molecule has 10 heteroatoms. The van der Waals surface area contributed by atoms with E-state index < -0.39 is 32.0 Å². The van der Waals surface area contributed by atoms with Crippen molar-refractivity contribution in [3.05, 3.63) is 75.6 Å². The molecule has 1 fully saturated rings. The van der Waals surface area contributed by atoms with E-state index in [9.17, 15) is 22.8 Å². The zero-order valence-electron chi connectivity index (χ0n) is 18.9. The Labute approximate surface area is 201 Å². The number of aromatic nitrogens is 1. The lowest BCUT2D eigenvalue weighted by Gasteiger charge is -2.32. The van der Waals surface area contributed by atoms with Crippen LogP contribution in [-0.4, -0.2) is 42.3 Å². The average molecular weight is 491 g/mol. The molecule has 0 radical (unpaired) electrons. The van der Waals surface area contributed by atoms with Gasteiger partial charge in [0.25, 0.3) is 11.5 Å².